The minimum Gasteiger partial charge on any atom is -0.350 e. The Kier molecular flexibility index (Phi) is 4.14. The van der Waals surface area contributed by atoms with Gasteiger partial charge in [-0.25, -0.2) is 9.97 Å². The Balaban J connectivity index is 1.57. The van der Waals surface area contributed by atoms with Crippen molar-refractivity contribution in [2.24, 2.45) is 5.92 Å². The van der Waals surface area contributed by atoms with Gasteiger partial charge in [0.1, 0.15) is 0 Å². The predicted octanol–water partition coefficient (Wildman–Crippen LogP) is 1.88. The number of aromatic nitrogens is 2. The van der Waals surface area contributed by atoms with E-state index in [9.17, 15) is 4.79 Å². The average Bonchev–Trinajstić information content (AvgIpc) is 2.45. The molecule has 0 aromatic carbocycles. The second kappa shape index (κ2) is 6.20. The molecule has 108 valence electrons. The van der Waals surface area contributed by atoms with Gasteiger partial charge < -0.3 is 10.2 Å². The van der Waals surface area contributed by atoms with Crippen molar-refractivity contribution in [1.82, 2.24) is 15.3 Å². The summed E-state index contributed by atoms with van der Waals surface area (Å²) in [5, 5.41) is 2.98. The molecule has 2 aliphatic rings. The van der Waals surface area contributed by atoms with Crippen LogP contribution in [0.1, 0.15) is 44.2 Å². The van der Waals surface area contributed by atoms with Crippen LogP contribution in [0.5, 0.6) is 0 Å². The molecule has 0 atom stereocenters. The molecular formula is C15H22N4O. The molecule has 0 unspecified atom stereocenters. The molecule has 2 heterocycles. The van der Waals surface area contributed by atoms with E-state index in [1.165, 1.54) is 25.7 Å². The second-order valence-corrected chi connectivity index (χ2v) is 5.74. The van der Waals surface area contributed by atoms with E-state index in [1.54, 1.807) is 6.20 Å². The molecule has 1 saturated heterocycles. The molecule has 1 aliphatic heterocycles. The molecule has 0 spiro atoms. The predicted molar refractivity (Wildman–Crippen MR) is 77.3 cm³/mol. The summed E-state index contributed by atoms with van der Waals surface area (Å²) in [5.41, 5.74) is 0.897. The van der Waals surface area contributed by atoms with Crippen molar-refractivity contribution in [3.63, 3.8) is 0 Å². The zero-order valence-corrected chi connectivity index (χ0v) is 11.8. The van der Waals surface area contributed by atoms with Gasteiger partial charge in [-0.2, -0.15) is 0 Å². The highest BCUT2D eigenvalue weighted by Gasteiger charge is 2.24. The van der Waals surface area contributed by atoms with Gasteiger partial charge in [-0.05, 0) is 38.2 Å². The Morgan fingerprint density at radius 1 is 1.25 bits per heavy atom. The van der Waals surface area contributed by atoms with Crippen LogP contribution in [0.2, 0.25) is 0 Å². The van der Waals surface area contributed by atoms with Gasteiger partial charge in [0.2, 0.25) is 11.9 Å². The van der Waals surface area contributed by atoms with Gasteiger partial charge in [-0.1, -0.05) is 6.42 Å². The Morgan fingerprint density at radius 2 is 2.05 bits per heavy atom. The normalized spacial score (nSPS) is 19.5. The summed E-state index contributed by atoms with van der Waals surface area (Å²) in [6.07, 6.45) is 8.78. The van der Waals surface area contributed by atoms with E-state index in [4.69, 9.17) is 0 Å². The van der Waals surface area contributed by atoms with Crippen LogP contribution >= 0.6 is 0 Å². The molecule has 1 aliphatic carbocycles. The standard InChI is InChI=1S/C15H22N4O/c20-14(12-5-4-6-12)17-11-13-7-8-16-15(18-13)19-9-2-1-3-10-19/h7-8,12H,1-6,9-11H2,(H,17,20). The number of carbonyl (C=O) groups excluding carboxylic acids is 1. The van der Waals surface area contributed by atoms with Crippen molar-refractivity contribution in [2.45, 2.75) is 45.1 Å². The summed E-state index contributed by atoms with van der Waals surface area (Å²) in [7, 11) is 0. The first-order valence-electron chi connectivity index (χ1n) is 7.67. The van der Waals surface area contributed by atoms with Crippen LogP contribution in [0, 0.1) is 5.92 Å². The Morgan fingerprint density at radius 3 is 2.75 bits per heavy atom. The molecule has 1 aromatic heterocycles. The number of hydrogen-bond donors (Lipinski definition) is 1. The topological polar surface area (TPSA) is 58.1 Å². The Hall–Kier alpha value is -1.65. The summed E-state index contributed by atoms with van der Waals surface area (Å²) in [6, 6.07) is 1.88. The number of hydrogen-bond acceptors (Lipinski definition) is 4. The van der Waals surface area contributed by atoms with Crippen LogP contribution in [-0.4, -0.2) is 29.0 Å². The van der Waals surface area contributed by atoms with Gasteiger partial charge in [0.05, 0.1) is 12.2 Å². The van der Waals surface area contributed by atoms with Crippen LogP contribution in [0.3, 0.4) is 0 Å². The Labute approximate surface area is 119 Å². The van der Waals surface area contributed by atoms with E-state index in [-0.39, 0.29) is 11.8 Å². The maximum Gasteiger partial charge on any atom is 0.225 e. The smallest absolute Gasteiger partial charge is 0.225 e. The zero-order valence-electron chi connectivity index (χ0n) is 11.8. The van der Waals surface area contributed by atoms with Gasteiger partial charge in [-0.3, -0.25) is 4.79 Å². The van der Waals surface area contributed by atoms with Crippen molar-refractivity contribution in [2.75, 3.05) is 18.0 Å². The molecule has 5 nitrogen and oxygen atoms in total. The number of nitrogens with zero attached hydrogens (tertiary/aromatic N) is 3. The zero-order chi connectivity index (χ0) is 13.8. The highest BCUT2D eigenvalue weighted by molar-refractivity contribution is 5.79. The third-order valence-corrected chi connectivity index (χ3v) is 4.26. The highest BCUT2D eigenvalue weighted by atomic mass is 16.1. The molecule has 1 saturated carbocycles. The van der Waals surface area contributed by atoms with E-state index in [2.05, 4.69) is 20.2 Å². The van der Waals surface area contributed by atoms with Gasteiger partial charge in [0, 0.05) is 25.2 Å². The first-order chi connectivity index (χ1) is 9.83. The average molecular weight is 274 g/mol. The number of piperidine rings is 1. The Bertz CT molecular complexity index is 467. The number of anilines is 1. The molecule has 1 N–H and O–H groups in total. The monoisotopic (exact) mass is 274 g/mol. The SMILES string of the molecule is O=C(NCc1ccnc(N2CCCCC2)n1)C1CCC1. The van der Waals surface area contributed by atoms with Crippen molar-refractivity contribution in [1.29, 1.82) is 0 Å². The molecular weight excluding hydrogens is 252 g/mol. The first kappa shape index (κ1) is 13.3. The van der Waals surface area contributed by atoms with E-state index in [1.807, 2.05) is 6.07 Å². The number of rotatable bonds is 4. The number of amides is 1. The van der Waals surface area contributed by atoms with Crippen molar-refractivity contribution < 1.29 is 4.79 Å². The molecule has 0 radical (unpaired) electrons. The minimum atomic E-state index is 0.175. The molecule has 1 amide bonds. The lowest BCUT2D eigenvalue weighted by atomic mass is 9.85. The summed E-state index contributed by atoms with van der Waals surface area (Å²) < 4.78 is 0. The van der Waals surface area contributed by atoms with Gasteiger partial charge in [0.15, 0.2) is 0 Å². The third-order valence-electron chi connectivity index (χ3n) is 4.26. The van der Waals surface area contributed by atoms with Crippen molar-refractivity contribution in [3.8, 4) is 0 Å². The number of nitrogens with one attached hydrogen (secondary N) is 1. The minimum absolute atomic E-state index is 0.175. The fourth-order valence-corrected chi connectivity index (χ4v) is 2.72. The quantitative estimate of drug-likeness (QED) is 0.911. The lowest BCUT2D eigenvalue weighted by molar-refractivity contribution is -0.127. The van der Waals surface area contributed by atoms with Gasteiger partial charge in [0.25, 0.3) is 0 Å². The van der Waals surface area contributed by atoms with Crippen molar-refractivity contribution in [3.05, 3.63) is 18.0 Å². The summed E-state index contributed by atoms with van der Waals surface area (Å²) in [5.74, 6) is 1.22. The maximum absolute atomic E-state index is 11.8. The molecule has 20 heavy (non-hydrogen) atoms. The number of carbonyl (C=O) groups is 1. The van der Waals surface area contributed by atoms with Crippen LogP contribution < -0.4 is 10.2 Å². The maximum atomic E-state index is 11.8. The van der Waals surface area contributed by atoms with E-state index < -0.39 is 0 Å². The summed E-state index contributed by atoms with van der Waals surface area (Å²) >= 11 is 0. The molecule has 0 bridgehead atoms. The van der Waals surface area contributed by atoms with E-state index >= 15 is 0 Å². The van der Waals surface area contributed by atoms with E-state index in [0.29, 0.717) is 6.54 Å². The second-order valence-electron chi connectivity index (χ2n) is 5.74. The summed E-state index contributed by atoms with van der Waals surface area (Å²) in [4.78, 5) is 23.0. The largest absolute Gasteiger partial charge is 0.350 e. The summed E-state index contributed by atoms with van der Waals surface area (Å²) in [6.45, 7) is 2.59. The molecule has 2 fully saturated rings. The fraction of sp³-hybridized carbons (Fsp3) is 0.667. The van der Waals surface area contributed by atoms with E-state index in [0.717, 1.165) is 37.6 Å². The lowest BCUT2D eigenvalue weighted by Crippen LogP contribution is -2.34. The highest BCUT2D eigenvalue weighted by Crippen LogP contribution is 2.26. The third kappa shape index (κ3) is 3.08. The lowest BCUT2D eigenvalue weighted by Gasteiger charge is -2.27. The van der Waals surface area contributed by atoms with Gasteiger partial charge in [-0.15, -0.1) is 0 Å². The fourth-order valence-electron chi connectivity index (χ4n) is 2.72. The first-order valence-corrected chi connectivity index (χ1v) is 7.67. The molecule has 1 aromatic rings. The van der Waals surface area contributed by atoms with Crippen LogP contribution in [0.15, 0.2) is 12.3 Å². The van der Waals surface area contributed by atoms with Crippen molar-refractivity contribution >= 4 is 11.9 Å². The molecule has 3 rings (SSSR count). The van der Waals surface area contributed by atoms with Crippen LogP contribution in [-0.2, 0) is 11.3 Å². The van der Waals surface area contributed by atoms with Gasteiger partial charge >= 0.3 is 0 Å². The van der Waals surface area contributed by atoms with Crippen LogP contribution in [0.4, 0.5) is 5.95 Å². The van der Waals surface area contributed by atoms with Crippen LogP contribution in [0.25, 0.3) is 0 Å². The molecule has 5 heteroatoms.